The fourth-order valence-corrected chi connectivity index (χ4v) is 2.60. The number of aliphatic hydroxyl groups is 1. The number of benzene rings is 1. The minimum Gasteiger partial charge on any atom is -0.392 e. The zero-order valence-corrected chi connectivity index (χ0v) is 11.2. The van der Waals surface area contributed by atoms with Crippen LogP contribution in [-0.4, -0.2) is 21.2 Å². The minimum atomic E-state index is -1.12. The Balaban J connectivity index is 2.70. The number of hydrogen-bond donors (Lipinski definition) is 1. The molecular formula is C13H20O2S. The largest absolute Gasteiger partial charge is 0.392 e. The van der Waals surface area contributed by atoms with E-state index in [1.807, 2.05) is 52.0 Å². The summed E-state index contributed by atoms with van der Waals surface area (Å²) in [5, 5.41) is 9.88. The van der Waals surface area contributed by atoms with Crippen molar-refractivity contribution in [1.29, 1.82) is 0 Å². The fraction of sp³-hybridized carbons (Fsp3) is 0.538. The van der Waals surface area contributed by atoms with E-state index in [0.29, 0.717) is 5.75 Å². The minimum absolute atomic E-state index is 0.222. The molecule has 90 valence electrons. The molecule has 1 aromatic carbocycles. The number of hydrogen-bond acceptors (Lipinski definition) is 2. The summed E-state index contributed by atoms with van der Waals surface area (Å²) in [7, 11) is -1.12. The summed E-state index contributed by atoms with van der Waals surface area (Å²) in [6.07, 6.45) is -0.547. The van der Waals surface area contributed by atoms with Gasteiger partial charge in [0.2, 0.25) is 0 Å². The number of aryl methyl sites for hydroxylation is 1. The Morgan fingerprint density at radius 3 is 2.19 bits per heavy atom. The summed E-state index contributed by atoms with van der Waals surface area (Å²) in [5.74, 6) is 0.298. The maximum atomic E-state index is 12.0. The molecule has 16 heavy (non-hydrogen) atoms. The Kier molecular flexibility index (Phi) is 4.28. The van der Waals surface area contributed by atoms with Crippen LogP contribution in [0.1, 0.15) is 26.3 Å². The van der Waals surface area contributed by atoms with Crippen LogP contribution in [0, 0.1) is 12.3 Å². The predicted octanol–water partition coefficient (Wildman–Crippen LogP) is 2.51. The van der Waals surface area contributed by atoms with Crippen LogP contribution in [-0.2, 0) is 10.8 Å². The van der Waals surface area contributed by atoms with Crippen molar-refractivity contribution in [2.24, 2.45) is 5.41 Å². The molecule has 0 spiro atoms. The Morgan fingerprint density at radius 1 is 1.25 bits per heavy atom. The third kappa shape index (κ3) is 3.72. The molecule has 0 bridgehead atoms. The molecule has 0 aromatic heterocycles. The van der Waals surface area contributed by atoms with Gasteiger partial charge in [0.25, 0.3) is 0 Å². The van der Waals surface area contributed by atoms with Gasteiger partial charge < -0.3 is 5.11 Å². The molecule has 3 heteroatoms. The van der Waals surface area contributed by atoms with Crippen molar-refractivity contribution in [3.8, 4) is 0 Å². The Hall–Kier alpha value is -0.670. The molecular weight excluding hydrogens is 220 g/mol. The van der Waals surface area contributed by atoms with Gasteiger partial charge in [-0.2, -0.15) is 0 Å². The van der Waals surface area contributed by atoms with E-state index in [1.54, 1.807) is 0 Å². The topological polar surface area (TPSA) is 37.3 Å². The van der Waals surface area contributed by atoms with Crippen LogP contribution in [0.2, 0.25) is 0 Å². The van der Waals surface area contributed by atoms with Gasteiger partial charge in [-0.3, -0.25) is 4.21 Å². The van der Waals surface area contributed by atoms with Crippen LogP contribution in [0.4, 0.5) is 0 Å². The van der Waals surface area contributed by atoms with E-state index in [1.165, 1.54) is 0 Å². The van der Waals surface area contributed by atoms with Crippen LogP contribution < -0.4 is 0 Å². The summed E-state index contributed by atoms with van der Waals surface area (Å²) in [6.45, 7) is 7.84. The van der Waals surface area contributed by atoms with Gasteiger partial charge >= 0.3 is 0 Å². The first-order valence-electron chi connectivity index (χ1n) is 5.44. The Morgan fingerprint density at radius 2 is 1.75 bits per heavy atom. The van der Waals surface area contributed by atoms with E-state index < -0.39 is 16.9 Å². The molecule has 1 aromatic rings. The van der Waals surface area contributed by atoms with Crippen molar-refractivity contribution < 1.29 is 9.32 Å². The van der Waals surface area contributed by atoms with Gasteiger partial charge in [0.05, 0.1) is 22.7 Å². The Bertz CT molecular complexity index is 363. The second kappa shape index (κ2) is 5.11. The van der Waals surface area contributed by atoms with Gasteiger partial charge in [-0.1, -0.05) is 38.5 Å². The van der Waals surface area contributed by atoms with Crippen molar-refractivity contribution >= 4 is 10.8 Å². The third-order valence-corrected chi connectivity index (χ3v) is 4.01. The van der Waals surface area contributed by atoms with E-state index in [9.17, 15) is 9.32 Å². The van der Waals surface area contributed by atoms with E-state index >= 15 is 0 Å². The summed E-state index contributed by atoms with van der Waals surface area (Å²) >= 11 is 0. The summed E-state index contributed by atoms with van der Waals surface area (Å²) in [6, 6.07) is 7.61. The Labute approximate surface area is 100 Å². The summed E-state index contributed by atoms with van der Waals surface area (Å²) < 4.78 is 12.0. The predicted molar refractivity (Wildman–Crippen MR) is 67.9 cm³/mol. The average molecular weight is 240 g/mol. The lowest BCUT2D eigenvalue weighted by molar-refractivity contribution is 0.0834. The first-order chi connectivity index (χ1) is 7.30. The van der Waals surface area contributed by atoms with Crippen molar-refractivity contribution in [1.82, 2.24) is 0 Å². The molecule has 0 saturated heterocycles. The quantitative estimate of drug-likeness (QED) is 0.881. The molecule has 0 aliphatic carbocycles. The lowest BCUT2D eigenvalue weighted by atomic mass is 9.90. The molecule has 1 N–H and O–H groups in total. The molecule has 0 fully saturated rings. The van der Waals surface area contributed by atoms with E-state index in [-0.39, 0.29) is 5.41 Å². The lowest BCUT2D eigenvalue weighted by Crippen LogP contribution is -2.31. The highest BCUT2D eigenvalue weighted by molar-refractivity contribution is 7.85. The first-order valence-corrected chi connectivity index (χ1v) is 6.75. The smallest absolute Gasteiger partial charge is 0.0707 e. The molecule has 0 radical (unpaired) electrons. The molecule has 2 nitrogen and oxygen atoms in total. The van der Waals surface area contributed by atoms with E-state index in [2.05, 4.69) is 0 Å². The van der Waals surface area contributed by atoms with Gasteiger partial charge in [-0.25, -0.2) is 0 Å². The monoisotopic (exact) mass is 240 g/mol. The zero-order valence-electron chi connectivity index (χ0n) is 10.4. The SMILES string of the molecule is Cc1ccc(S(=O)C[C@@H](O)C(C)(C)C)cc1. The van der Waals surface area contributed by atoms with Crippen molar-refractivity contribution in [2.75, 3.05) is 5.75 Å². The number of aliphatic hydroxyl groups excluding tert-OH is 1. The van der Waals surface area contributed by atoms with Crippen LogP contribution in [0.3, 0.4) is 0 Å². The fourth-order valence-electron chi connectivity index (χ4n) is 1.18. The zero-order chi connectivity index (χ0) is 12.3. The highest BCUT2D eigenvalue weighted by atomic mass is 32.2. The van der Waals surface area contributed by atoms with Crippen LogP contribution in [0.15, 0.2) is 29.2 Å². The molecule has 2 atom stereocenters. The second-order valence-electron chi connectivity index (χ2n) is 5.21. The van der Waals surface area contributed by atoms with E-state index in [4.69, 9.17) is 0 Å². The van der Waals surface area contributed by atoms with Gasteiger partial charge in [0.1, 0.15) is 0 Å². The average Bonchev–Trinajstić information content (AvgIpc) is 2.17. The van der Waals surface area contributed by atoms with E-state index in [0.717, 1.165) is 10.5 Å². The number of rotatable bonds is 3. The molecule has 0 aliphatic heterocycles. The van der Waals surface area contributed by atoms with Gasteiger partial charge in [0, 0.05) is 4.90 Å². The van der Waals surface area contributed by atoms with Gasteiger partial charge in [0.15, 0.2) is 0 Å². The standard InChI is InChI=1S/C13H20O2S/c1-10-5-7-11(8-6-10)16(15)9-12(14)13(2,3)4/h5-8,12,14H,9H2,1-4H3/t12-,16?/m1/s1. The summed E-state index contributed by atoms with van der Waals surface area (Å²) in [4.78, 5) is 0.786. The van der Waals surface area contributed by atoms with Crippen LogP contribution >= 0.6 is 0 Å². The molecule has 0 aliphatic rings. The van der Waals surface area contributed by atoms with Crippen LogP contribution in [0.25, 0.3) is 0 Å². The first kappa shape index (κ1) is 13.4. The maximum Gasteiger partial charge on any atom is 0.0707 e. The highest BCUT2D eigenvalue weighted by Gasteiger charge is 2.24. The van der Waals surface area contributed by atoms with Crippen molar-refractivity contribution in [3.63, 3.8) is 0 Å². The highest BCUT2D eigenvalue weighted by Crippen LogP contribution is 2.21. The van der Waals surface area contributed by atoms with Gasteiger partial charge in [-0.05, 0) is 24.5 Å². The second-order valence-corrected chi connectivity index (χ2v) is 6.70. The normalized spacial score (nSPS) is 15.8. The van der Waals surface area contributed by atoms with Crippen LogP contribution in [0.5, 0.6) is 0 Å². The van der Waals surface area contributed by atoms with Crippen molar-refractivity contribution in [3.05, 3.63) is 29.8 Å². The van der Waals surface area contributed by atoms with Gasteiger partial charge in [-0.15, -0.1) is 0 Å². The molecule has 1 rings (SSSR count). The lowest BCUT2D eigenvalue weighted by Gasteiger charge is -2.25. The molecule has 0 saturated carbocycles. The molecule has 0 amide bonds. The maximum absolute atomic E-state index is 12.0. The third-order valence-electron chi connectivity index (χ3n) is 2.59. The molecule has 1 unspecified atom stereocenters. The van der Waals surface area contributed by atoms with Crippen molar-refractivity contribution in [2.45, 2.75) is 38.7 Å². The summed E-state index contributed by atoms with van der Waals surface area (Å²) in [5.41, 5.74) is 0.928. The molecule has 0 heterocycles.